The first-order valence-electron chi connectivity index (χ1n) is 7.18. The van der Waals surface area contributed by atoms with E-state index in [1.54, 1.807) is 6.07 Å². The lowest BCUT2D eigenvalue weighted by atomic mass is 10.2. The summed E-state index contributed by atoms with van der Waals surface area (Å²) in [6.07, 6.45) is 2.98. The molecule has 0 amide bonds. The maximum absolute atomic E-state index is 5.87. The Morgan fingerprint density at radius 1 is 1.38 bits per heavy atom. The molecule has 0 bridgehead atoms. The second-order valence-electron chi connectivity index (χ2n) is 5.24. The van der Waals surface area contributed by atoms with Crippen LogP contribution < -0.4 is 15.8 Å². The largest absolute Gasteiger partial charge is 0.473 e. The quantitative estimate of drug-likeness (QED) is 0.853. The molecule has 0 radical (unpaired) electrons. The van der Waals surface area contributed by atoms with Crippen molar-refractivity contribution in [2.75, 3.05) is 11.1 Å². The highest BCUT2D eigenvalue weighted by Crippen LogP contribution is 2.22. The maximum Gasteiger partial charge on any atom is 0.239 e. The number of nitrogens with one attached hydrogen (secondary N) is 1. The molecule has 2 aromatic rings. The summed E-state index contributed by atoms with van der Waals surface area (Å²) in [5.41, 5.74) is 8.68. The normalized spacial score (nSPS) is 10.9. The molecule has 6 nitrogen and oxygen atoms in total. The van der Waals surface area contributed by atoms with E-state index in [2.05, 4.69) is 22.3 Å². The third-order valence-corrected chi connectivity index (χ3v) is 3.02. The van der Waals surface area contributed by atoms with Crippen LogP contribution in [0.5, 0.6) is 5.88 Å². The van der Waals surface area contributed by atoms with Crippen molar-refractivity contribution in [3.05, 3.63) is 29.6 Å². The summed E-state index contributed by atoms with van der Waals surface area (Å²) in [4.78, 5) is 4.40. The fraction of sp³-hybridized carbons (Fsp3) is 0.467. The van der Waals surface area contributed by atoms with E-state index in [4.69, 9.17) is 10.5 Å². The lowest BCUT2D eigenvalue weighted by Crippen LogP contribution is -2.10. The van der Waals surface area contributed by atoms with Crippen LogP contribution >= 0.6 is 0 Å². The van der Waals surface area contributed by atoms with Gasteiger partial charge in [-0.25, -0.2) is 0 Å². The number of rotatable bonds is 6. The van der Waals surface area contributed by atoms with Crippen molar-refractivity contribution in [3.8, 4) is 5.88 Å². The van der Waals surface area contributed by atoms with Crippen molar-refractivity contribution in [1.82, 2.24) is 14.8 Å². The molecule has 2 aromatic heterocycles. The fourth-order valence-electron chi connectivity index (χ4n) is 2.08. The number of anilines is 2. The molecular formula is C15H23N5O. The highest BCUT2D eigenvalue weighted by Gasteiger charge is 2.08. The Kier molecular flexibility index (Phi) is 4.67. The van der Waals surface area contributed by atoms with Crippen LogP contribution in [-0.2, 0) is 20.0 Å². The van der Waals surface area contributed by atoms with Crippen LogP contribution in [0, 0.1) is 0 Å². The Hall–Kier alpha value is -2.24. The number of ether oxygens (including phenoxy) is 1. The predicted octanol–water partition coefficient (Wildman–Crippen LogP) is 2.36. The second kappa shape index (κ2) is 6.47. The average molecular weight is 289 g/mol. The molecule has 6 heteroatoms. The van der Waals surface area contributed by atoms with Gasteiger partial charge in [0.05, 0.1) is 17.5 Å². The molecule has 2 heterocycles. The van der Waals surface area contributed by atoms with E-state index in [0.29, 0.717) is 18.1 Å². The van der Waals surface area contributed by atoms with Crippen molar-refractivity contribution in [3.63, 3.8) is 0 Å². The molecule has 21 heavy (non-hydrogen) atoms. The molecule has 0 spiro atoms. The van der Waals surface area contributed by atoms with E-state index in [1.165, 1.54) is 5.56 Å². The van der Waals surface area contributed by atoms with Gasteiger partial charge >= 0.3 is 0 Å². The zero-order valence-corrected chi connectivity index (χ0v) is 13.1. The lowest BCUT2D eigenvalue weighted by Gasteiger charge is -2.13. The minimum Gasteiger partial charge on any atom is -0.473 e. The number of aryl methyl sites for hydroxylation is 2. The fourth-order valence-corrected chi connectivity index (χ4v) is 2.08. The molecule has 0 unspecified atom stereocenters. The minimum absolute atomic E-state index is 0.0417. The zero-order valence-electron chi connectivity index (χ0n) is 13.1. The van der Waals surface area contributed by atoms with Crippen molar-refractivity contribution in [2.24, 2.45) is 7.05 Å². The standard InChI is InChI=1S/C15H23N5O/c1-5-13-11(9-20(4)19-13)8-17-14-7-6-12(16)15(18-14)21-10(2)3/h6-7,9-10H,5,8,16H2,1-4H3,(H,17,18). The first-order valence-corrected chi connectivity index (χ1v) is 7.18. The molecule has 2 rings (SSSR count). The van der Waals surface area contributed by atoms with E-state index in [0.717, 1.165) is 17.9 Å². The summed E-state index contributed by atoms with van der Waals surface area (Å²) in [5.74, 6) is 1.21. The van der Waals surface area contributed by atoms with E-state index in [-0.39, 0.29) is 6.10 Å². The van der Waals surface area contributed by atoms with Gasteiger partial charge in [-0.1, -0.05) is 6.92 Å². The van der Waals surface area contributed by atoms with Gasteiger partial charge in [-0.05, 0) is 32.4 Å². The molecule has 0 atom stereocenters. The molecule has 0 fully saturated rings. The molecule has 0 saturated carbocycles. The molecular weight excluding hydrogens is 266 g/mol. The molecule has 0 aromatic carbocycles. The van der Waals surface area contributed by atoms with Gasteiger partial charge in [0, 0.05) is 25.4 Å². The highest BCUT2D eigenvalue weighted by molar-refractivity contribution is 5.53. The van der Waals surface area contributed by atoms with Crippen LogP contribution in [0.15, 0.2) is 18.3 Å². The summed E-state index contributed by atoms with van der Waals surface area (Å²) in [6.45, 7) is 6.67. The van der Waals surface area contributed by atoms with Crippen molar-refractivity contribution < 1.29 is 4.74 Å². The smallest absolute Gasteiger partial charge is 0.239 e. The first kappa shape index (κ1) is 15.2. The van der Waals surface area contributed by atoms with Gasteiger partial charge in [-0.3, -0.25) is 4.68 Å². The van der Waals surface area contributed by atoms with Crippen LogP contribution in [0.4, 0.5) is 11.5 Å². The van der Waals surface area contributed by atoms with Crippen LogP contribution in [-0.4, -0.2) is 20.9 Å². The number of hydrogen-bond donors (Lipinski definition) is 2. The summed E-state index contributed by atoms with van der Waals surface area (Å²) in [7, 11) is 1.93. The van der Waals surface area contributed by atoms with Crippen LogP contribution in [0.3, 0.4) is 0 Å². The minimum atomic E-state index is 0.0417. The Balaban J connectivity index is 2.09. The maximum atomic E-state index is 5.87. The van der Waals surface area contributed by atoms with Gasteiger partial charge in [0.25, 0.3) is 0 Å². The number of nitrogen functional groups attached to an aromatic ring is 1. The molecule has 0 aliphatic heterocycles. The van der Waals surface area contributed by atoms with Gasteiger partial charge in [-0.15, -0.1) is 0 Å². The Bertz CT molecular complexity index is 606. The Labute approximate surface area is 125 Å². The van der Waals surface area contributed by atoms with Crippen molar-refractivity contribution in [2.45, 2.75) is 39.8 Å². The van der Waals surface area contributed by atoms with Crippen LogP contribution in [0.25, 0.3) is 0 Å². The van der Waals surface area contributed by atoms with Crippen molar-refractivity contribution >= 4 is 11.5 Å². The van der Waals surface area contributed by atoms with Gasteiger partial charge in [0.15, 0.2) is 0 Å². The number of pyridine rings is 1. The van der Waals surface area contributed by atoms with Gasteiger partial charge < -0.3 is 15.8 Å². The third kappa shape index (κ3) is 3.87. The molecule has 3 N–H and O–H groups in total. The summed E-state index contributed by atoms with van der Waals surface area (Å²) in [5, 5.41) is 7.71. The van der Waals surface area contributed by atoms with E-state index in [9.17, 15) is 0 Å². The topological polar surface area (TPSA) is 78.0 Å². The first-order chi connectivity index (χ1) is 9.99. The average Bonchev–Trinajstić information content (AvgIpc) is 2.79. The monoisotopic (exact) mass is 289 g/mol. The Morgan fingerprint density at radius 3 is 2.81 bits per heavy atom. The van der Waals surface area contributed by atoms with Crippen LogP contribution in [0.2, 0.25) is 0 Å². The number of nitrogens with two attached hydrogens (primary N) is 1. The summed E-state index contributed by atoms with van der Waals surface area (Å²) < 4.78 is 7.43. The van der Waals surface area contributed by atoms with E-state index in [1.807, 2.05) is 37.8 Å². The SMILES string of the molecule is CCc1nn(C)cc1CNc1ccc(N)c(OC(C)C)n1. The number of nitrogens with zero attached hydrogens (tertiary/aromatic N) is 3. The van der Waals surface area contributed by atoms with Gasteiger partial charge in [-0.2, -0.15) is 10.1 Å². The zero-order chi connectivity index (χ0) is 15.4. The lowest BCUT2D eigenvalue weighted by molar-refractivity contribution is 0.234. The molecule has 0 aliphatic carbocycles. The second-order valence-corrected chi connectivity index (χ2v) is 5.24. The molecule has 0 saturated heterocycles. The Morgan fingerprint density at radius 2 is 2.14 bits per heavy atom. The van der Waals surface area contributed by atoms with Crippen molar-refractivity contribution in [1.29, 1.82) is 0 Å². The summed E-state index contributed by atoms with van der Waals surface area (Å²) in [6, 6.07) is 3.65. The van der Waals surface area contributed by atoms with E-state index >= 15 is 0 Å². The van der Waals surface area contributed by atoms with Gasteiger partial charge in [0.2, 0.25) is 5.88 Å². The van der Waals surface area contributed by atoms with Gasteiger partial charge in [0.1, 0.15) is 5.82 Å². The third-order valence-electron chi connectivity index (χ3n) is 3.02. The van der Waals surface area contributed by atoms with E-state index < -0.39 is 0 Å². The predicted molar refractivity (Wildman–Crippen MR) is 84.3 cm³/mol. The number of hydrogen-bond acceptors (Lipinski definition) is 5. The number of aromatic nitrogens is 3. The summed E-state index contributed by atoms with van der Waals surface area (Å²) >= 11 is 0. The molecule has 0 aliphatic rings. The van der Waals surface area contributed by atoms with Crippen LogP contribution in [0.1, 0.15) is 32.0 Å². The highest BCUT2D eigenvalue weighted by atomic mass is 16.5. The molecule has 114 valence electrons.